The summed E-state index contributed by atoms with van der Waals surface area (Å²) in [6.07, 6.45) is -9.52. The van der Waals surface area contributed by atoms with E-state index in [4.69, 9.17) is 9.47 Å². The molecule has 0 radical (unpaired) electrons. The molecule has 4 rings (SSSR count). The summed E-state index contributed by atoms with van der Waals surface area (Å²) in [4.78, 5) is 31.3. The van der Waals surface area contributed by atoms with Gasteiger partial charge in [0.2, 0.25) is 0 Å². The minimum atomic E-state index is -4.92. The number of alkyl halides is 6. The first kappa shape index (κ1) is 28.4. The zero-order chi connectivity index (χ0) is 28.5. The molecule has 1 fully saturated rings. The molecule has 2 aromatic heterocycles. The van der Waals surface area contributed by atoms with Crippen LogP contribution in [-0.2, 0) is 21.9 Å². The van der Waals surface area contributed by atoms with Crippen LogP contribution in [0.2, 0.25) is 0 Å². The second-order valence-corrected chi connectivity index (χ2v) is 9.07. The van der Waals surface area contributed by atoms with Crippen LogP contribution in [0.15, 0.2) is 23.3 Å². The standard InChI is InChI=1S/C22H24F6N6O5/c1-11(31-14-6-30-32-19(36)17(14)22(26,27)28)8-38-10-15(35)20(37)33-2-3-34-13(7-33)9-39-16-4-12(21(23,24)25)5-29-18(16)34/h4-6,11,13,15,35H,2-3,7-10H2,1H3,(H2,31,32,36)/t11-,13-,15-/m0/s1. The van der Waals surface area contributed by atoms with E-state index in [9.17, 15) is 41.0 Å². The molecule has 2 aliphatic heterocycles. The molecule has 1 amide bonds. The van der Waals surface area contributed by atoms with E-state index in [0.717, 1.165) is 18.5 Å². The fraction of sp³-hybridized carbons (Fsp3) is 0.545. The summed E-state index contributed by atoms with van der Waals surface area (Å²) in [5.74, 6) is -0.421. The fourth-order valence-electron chi connectivity index (χ4n) is 4.31. The van der Waals surface area contributed by atoms with Crippen molar-refractivity contribution in [1.29, 1.82) is 0 Å². The molecule has 3 N–H and O–H groups in total. The van der Waals surface area contributed by atoms with Crippen LogP contribution >= 0.6 is 0 Å². The maximum atomic E-state index is 13.2. The monoisotopic (exact) mass is 566 g/mol. The lowest BCUT2D eigenvalue weighted by Crippen LogP contribution is -2.60. The minimum absolute atomic E-state index is 0.00439. The molecule has 2 aliphatic rings. The number of aliphatic hydroxyl groups excluding tert-OH is 1. The summed E-state index contributed by atoms with van der Waals surface area (Å²) in [7, 11) is 0. The van der Waals surface area contributed by atoms with Gasteiger partial charge in [0, 0.05) is 31.9 Å². The number of piperazine rings is 1. The normalized spacial score (nSPS) is 19.0. The molecule has 11 nitrogen and oxygen atoms in total. The van der Waals surface area contributed by atoms with Crippen molar-refractivity contribution in [3.63, 3.8) is 0 Å². The van der Waals surface area contributed by atoms with E-state index < -0.39 is 65.4 Å². The minimum Gasteiger partial charge on any atom is -0.487 e. The fourth-order valence-corrected chi connectivity index (χ4v) is 4.31. The number of hydrogen-bond acceptors (Lipinski definition) is 9. The number of pyridine rings is 1. The number of ether oxygens (including phenoxy) is 2. The van der Waals surface area contributed by atoms with Gasteiger partial charge in [-0.2, -0.15) is 31.4 Å². The Morgan fingerprint density at radius 1 is 1.23 bits per heavy atom. The smallest absolute Gasteiger partial charge is 0.423 e. The van der Waals surface area contributed by atoms with Crippen LogP contribution in [0.3, 0.4) is 0 Å². The number of hydrogen-bond donors (Lipinski definition) is 3. The Morgan fingerprint density at radius 2 is 1.97 bits per heavy atom. The number of aliphatic hydroxyl groups is 1. The molecule has 1 saturated heterocycles. The van der Waals surface area contributed by atoms with Gasteiger partial charge >= 0.3 is 12.4 Å². The Bertz CT molecular complexity index is 1260. The van der Waals surface area contributed by atoms with Gasteiger partial charge in [0.25, 0.3) is 11.5 Å². The molecular formula is C22H24F6N6O5. The SMILES string of the molecule is C[C@@H](COC[C@H](O)C(=O)N1CCN2c3ncc(C(F)(F)F)cc3OC[C@@H]2C1)Nc1cn[nH]c(=O)c1C(F)(F)F. The van der Waals surface area contributed by atoms with Gasteiger partial charge in [-0.15, -0.1) is 0 Å². The highest BCUT2D eigenvalue weighted by Gasteiger charge is 2.40. The Morgan fingerprint density at radius 3 is 2.67 bits per heavy atom. The molecule has 4 heterocycles. The molecule has 0 saturated carbocycles. The van der Waals surface area contributed by atoms with Crippen molar-refractivity contribution in [2.24, 2.45) is 0 Å². The van der Waals surface area contributed by atoms with Crippen LogP contribution in [0.25, 0.3) is 0 Å². The van der Waals surface area contributed by atoms with Crippen molar-refractivity contribution in [1.82, 2.24) is 20.1 Å². The predicted octanol–water partition coefficient (Wildman–Crippen LogP) is 1.49. The first-order valence-corrected chi connectivity index (χ1v) is 11.7. The van der Waals surface area contributed by atoms with E-state index >= 15 is 0 Å². The Kier molecular flexibility index (Phi) is 7.92. The number of anilines is 2. The maximum absolute atomic E-state index is 13.2. The summed E-state index contributed by atoms with van der Waals surface area (Å²) in [5.41, 5.74) is -4.33. The number of rotatable bonds is 7. The number of halogens is 6. The Hall–Kier alpha value is -3.60. The van der Waals surface area contributed by atoms with Crippen LogP contribution in [-0.4, -0.2) is 88.7 Å². The summed E-state index contributed by atoms with van der Waals surface area (Å²) in [6, 6.07) is -0.267. The molecule has 0 aliphatic carbocycles. The number of aromatic amines is 1. The zero-order valence-corrected chi connectivity index (χ0v) is 20.3. The van der Waals surface area contributed by atoms with Gasteiger partial charge in [-0.25, -0.2) is 10.1 Å². The lowest BCUT2D eigenvalue weighted by molar-refractivity contribution is -0.144. The lowest BCUT2D eigenvalue weighted by Gasteiger charge is -2.45. The predicted molar refractivity (Wildman–Crippen MR) is 122 cm³/mol. The molecule has 39 heavy (non-hydrogen) atoms. The molecule has 0 unspecified atom stereocenters. The third-order valence-electron chi connectivity index (χ3n) is 6.13. The number of H-pyrrole nitrogens is 1. The van der Waals surface area contributed by atoms with Crippen molar-refractivity contribution in [3.05, 3.63) is 39.9 Å². The molecule has 2 aromatic rings. The summed E-state index contributed by atoms with van der Waals surface area (Å²) in [6.45, 7) is 1.34. The van der Waals surface area contributed by atoms with Crippen LogP contribution in [0, 0.1) is 0 Å². The Labute approximate surface area is 216 Å². The largest absolute Gasteiger partial charge is 0.487 e. The number of nitrogens with zero attached hydrogens (tertiary/aromatic N) is 4. The molecule has 214 valence electrons. The van der Waals surface area contributed by atoms with Gasteiger partial charge in [0.05, 0.1) is 36.7 Å². The third kappa shape index (κ3) is 6.35. The lowest BCUT2D eigenvalue weighted by atomic mass is 10.1. The average Bonchev–Trinajstić information content (AvgIpc) is 2.86. The van der Waals surface area contributed by atoms with Gasteiger partial charge in [0.15, 0.2) is 17.7 Å². The highest BCUT2D eigenvalue weighted by atomic mass is 19.4. The van der Waals surface area contributed by atoms with E-state index in [1.807, 2.05) is 0 Å². The number of amides is 1. The highest BCUT2D eigenvalue weighted by Crippen LogP contribution is 2.38. The first-order chi connectivity index (χ1) is 18.3. The van der Waals surface area contributed by atoms with Crippen molar-refractivity contribution < 1.29 is 45.7 Å². The van der Waals surface area contributed by atoms with Crippen LogP contribution in [0.4, 0.5) is 37.8 Å². The summed E-state index contributed by atoms with van der Waals surface area (Å²) < 4.78 is 89.2. The molecule has 3 atom stereocenters. The zero-order valence-electron chi connectivity index (χ0n) is 20.3. The van der Waals surface area contributed by atoms with Crippen LogP contribution < -0.4 is 20.5 Å². The van der Waals surface area contributed by atoms with Crippen LogP contribution in [0.5, 0.6) is 5.75 Å². The number of carbonyl (C=O) groups excluding carboxylic acids is 1. The van der Waals surface area contributed by atoms with Crippen molar-refractivity contribution >= 4 is 17.4 Å². The van der Waals surface area contributed by atoms with Gasteiger partial charge in [-0.1, -0.05) is 0 Å². The van der Waals surface area contributed by atoms with Crippen molar-refractivity contribution in [3.8, 4) is 5.75 Å². The van der Waals surface area contributed by atoms with Gasteiger partial charge in [0.1, 0.15) is 12.2 Å². The molecule has 0 spiro atoms. The van der Waals surface area contributed by atoms with Crippen molar-refractivity contribution in [2.45, 2.75) is 37.5 Å². The van der Waals surface area contributed by atoms with E-state index in [1.54, 1.807) is 10.00 Å². The summed E-state index contributed by atoms with van der Waals surface area (Å²) >= 11 is 0. The third-order valence-corrected chi connectivity index (χ3v) is 6.13. The average molecular weight is 566 g/mol. The molecule has 0 bridgehead atoms. The topological polar surface area (TPSA) is 133 Å². The van der Waals surface area contributed by atoms with Gasteiger partial charge < -0.3 is 29.7 Å². The van der Waals surface area contributed by atoms with Gasteiger partial charge in [-0.3, -0.25) is 9.59 Å². The van der Waals surface area contributed by atoms with E-state index in [0.29, 0.717) is 0 Å². The Balaban J connectivity index is 1.28. The quantitative estimate of drug-likeness (QED) is 0.427. The number of carbonyl (C=O) groups is 1. The second kappa shape index (κ2) is 10.9. The second-order valence-electron chi connectivity index (χ2n) is 9.07. The maximum Gasteiger partial charge on any atom is 0.423 e. The molecule has 0 aromatic carbocycles. The van der Waals surface area contributed by atoms with Crippen molar-refractivity contribution in [2.75, 3.05) is 49.7 Å². The molecule has 17 heteroatoms. The first-order valence-electron chi connectivity index (χ1n) is 11.7. The molecular weight excluding hydrogens is 542 g/mol. The number of aromatic nitrogens is 3. The van der Waals surface area contributed by atoms with E-state index in [2.05, 4.69) is 15.4 Å². The summed E-state index contributed by atoms with van der Waals surface area (Å²) in [5, 5.41) is 17.9. The number of fused-ring (bicyclic) bond motifs is 3. The van der Waals surface area contributed by atoms with Gasteiger partial charge in [-0.05, 0) is 13.0 Å². The number of nitrogens with one attached hydrogen (secondary N) is 2. The van der Waals surface area contributed by atoms with E-state index in [1.165, 1.54) is 11.8 Å². The highest BCUT2D eigenvalue weighted by molar-refractivity contribution is 5.81. The van der Waals surface area contributed by atoms with Crippen LogP contribution in [0.1, 0.15) is 18.1 Å². The van der Waals surface area contributed by atoms with E-state index in [-0.39, 0.29) is 44.4 Å².